The fourth-order valence-corrected chi connectivity index (χ4v) is 4.04. The fraction of sp³-hybridized carbons (Fsp3) is 0.550. The first-order valence-corrected chi connectivity index (χ1v) is 10.2. The Hall–Kier alpha value is -1.73. The molecule has 2 aliphatic rings. The standard InChI is InChI=1S/C20H25BrN2O4/c1-12(2)10-15(22-19(25)13-5-7-14(21)8-6-13)20(26)23-9-3-4-17-18(23)16(24)11-27-17/h5-8,12,15,17-18H,3-4,9-11H2,1-2H3,(H,22,25). The van der Waals surface area contributed by atoms with Crippen LogP contribution in [-0.2, 0) is 14.3 Å². The van der Waals surface area contributed by atoms with Gasteiger partial charge in [-0.25, -0.2) is 0 Å². The van der Waals surface area contributed by atoms with E-state index in [1.54, 1.807) is 29.2 Å². The second-order valence-corrected chi connectivity index (χ2v) is 8.51. The Labute approximate surface area is 167 Å². The molecule has 27 heavy (non-hydrogen) atoms. The molecule has 1 N–H and O–H groups in total. The second kappa shape index (κ2) is 8.52. The van der Waals surface area contributed by atoms with Gasteiger partial charge in [0.15, 0.2) is 5.78 Å². The summed E-state index contributed by atoms with van der Waals surface area (Å²) in [7, 11) is 0. The zero-order valence-electron chi connectivity index (χ0n) is 15.6. The average Bonchev–Trinajstić information content (AvgIpc) is 3.02. The zero-order valence-corrected chi connectivity index (χ0v) is 17.2. The molecule has 0 spiro atoms. The minimum atomic E-state index is -0.659. The Morgan fingerprint density at radius 1 is 1.30 bits per heavy atom. The van der Waals surface area contributed by atoms with Crippen LogP contribution in [0.15, 0.2) is 28.7 Å². The normalized spacial score (nSPS) is 23.3. The van der Waals surface area contributed by atoms with Crippen molar-refractivity contribution in [3.63, 3.8) is 0 Å². The van der Waals surface area contributed by atoms with Gasteiger partial charge in [0, 0.05) is 16.6 Å². The molecule has 0 aliphatic carbocycles. The highest BCUT2D eigenvalue weighted by Gasteiger charge is 2.45. The van der Waals surface area contributed by atoms with Crippen LogP contribution in [0, 0.1) is 5.92 Å². The van der Waals surface area contributed by atoms with E-state index in [9.17, 15) is 14.4 Å². The molecule has 2 amide bonds. The summed E-state index contributed by atoms with van der Waals surface area (Å²) < 4.78 is 6.42. The fourth-order valence-electron chi connectivity index (χ4n) is 3.77. The SMILES string of the molecule is CC(C)CC(NC(=O)c1ccc(Br)cc1)C(=O)N1CCCC2OCC(=O)C21. The van der Waals surface area contributed by atoms with E-state index in [0.29, 0.717) is 18.5 Å². The number of nitrogens with one attached hydrogen (secondary N) is 1. The Morgan fingerprint density at radius 2 is 2.00 bits per heavy atom. The molecular formula is C20H25BrN2O4. The predicted octanol–water partition coefficient (Wildman–Crippen LogP) is 2.55. The number of carbonyl (C=O) groups excluding carboxylic acids is 3. The quantitative estimate of drug-likeness (QED) is 0.769. The first kappa shape index (κ1) is 20.0. The van der Waals surface area contributed by atoms with Gasteiger partial charge >= 0.3 is 0 Å². The van der Waals surface area contributed by atoms with Crippen molar-refractivity contribution in [2.24, 2.45) is 5.92 Å². The predicted molar refractivity (Wildman–Crippen MR) is 104 cm³/mol. The highest BCUT2D eigenvalue weighted by Crippen LogP contribution is 2.27. The number of Topliss-reactive ketones (excluding diaryl/α,β-unsaturated/α-hetero) is 1. The van der Waals surface area contributed by atoms with Crippen LogP contribution in [0.4, 0.5) is 0 Å². The van der Waals surface area contributed by atoms with Crippen LogP contribution >= 0.6 is 15.9 Å². The van der Waals surface area contributed by atoms with Crippen molar-refractivity contribution in [3.8, 4) is 0 Å². The summed E-state index contributed by atoms with van der Waals surface area (Å²) in [5.74, 6) is -0.303. The van der Waals surface area contributed by atoms with Gasteiger partial charge in [0.25, 0.3) is 5.91 Å². The molecule has 2 saturated heterocycles. The topological polar surface area (TPSA) is 75.7 Å². The summed E-state index contributed by atoms with van der Waals surface area (Å²) >= 11 is 3.35. The lowest BCUT2D eigenvalue weighted by atomic mass is 9.95. The summed E-state index contributed by atoms with van der Waals surface area (Å²) in [5.41, 5.74) is 0.497. The van der Waals surface area contributed by atoms with E-state index in [-0.39, 0.29) is 36.2 Å². The number of ether oxygens (including phenoxy) is 1. The minimum absolute atomic E-state index is 0.0458. The van der Waals surface area contributed by atoms with E-state index in [1.165, 1.54) is 0 Å². The number of likely N-dealkylation sites (tertiary alicyclic amines) is 1. The van der Waals surface area contributed by atoms with Crippen molar-refractivity contribution in [1.29, 1.82) is 0 Å². The van der Waals surface area contributed by atoms with Gasteiger partial charge in [-0.15, -0.1) is 0 Å². The van der Waals surface area contributed by atoms with Crippen molar-refractivity contribution < 1.29 is 19.1 Å². The molecule has 0 bridgehead atoms. The van der Waals surface area contributed by atoms with Crippen LogP contribution in [0.2, 0.25) is 0 Å². The number of hydrogen-bond donors (Lipinski definition) is 1. The molecule has 2 heterocycles. The molecule has 0 saturated carbocycles. The number of carbonyl (C=O) groups is 3. The van der Waals surface area contributed by atoms with Crippen LogP contribution < -0.4 is 5.32 Å². The molecule has 1 aromatic carbocycles. The monoisotopic (exact) mass is 436 g/mol. The van der Waals surface area contributed by atoms with Crippen molar-refractivity contribution >= 4 is 33.5 Å². The van der Waals surface area contributed by atoms with Gasteiger partial charge in [0.1, 0.15) is 18.7 Å². The van der Waals surface area contributed by atoms with Gasteiger partial charge in [-0.05, 0) is 49.4 Å². The highest BCUT2D eigenvalue weighted by molar-refractivity contribution is 9.10. The molecule has 6 nitrogen and oxygen atoms in total. The van der Waals surface area contributed by atoms with Crippen molar-refractivity contribution in [2.75, 3.05) is 13.2 Å². The molecule has 2 aliphatic heterocycles. The highest BCUT2D eigenvalue weighted by atomic mass is 79.9. The number of halogens is 1. The summed E-state index contributed by atoms with van der Waals surface area (Å²) in [5, 5.41) is 2.88. The van der Waals surface area contributed by atoms with Gasteiger partial charge in [0.2, 0.25) is 5.91 Å². The number of ketones is 1. The van der Waals surface area contributed by atoms with Crippen LogP contribution in [0.3, 0.4) is 0 Å². The lowest BCUT2D eigenvalue weighted by Crippen LogP contribution is -2.58. The molecule has 3 unspecified atom stereocenters. The van der Waals surface area contributed by atoms with Gasteiger partial charge < -0.3 is 15.0 Å². The number of piperidine rings is 1. The van der Waals surface area contributed by atoms with E-state index in [4.69, 9.17) is 4.74 Å². The van der Waals surface area contributed by atoms with Crippen molar-refractivity contribution in [2.45, 2.75) is 51.3 Å². The smallest absolute Gasteiger partial charge is 0.251 e. The largest absolute Gasteiger partial charge is 0.368 e. The summed E-state index contributed by atoms with van der Waals surface area (Å²) in [6.45, 7) is 4.61. The van der Waals surface area contributed by atoms with E-state index in [0.717, 1.165) is 17.3 Å². The Kier molecular flexibility index (Phi) is 6.32. The second-order valence-electron chi connectivity index (χ2n) is 7.60. The first-order chi connectivity index (χ1) is 12.9. The third-order valence-electron chi connectivity index (χ3n) is 5.05. The van der Waals surface area contributed by atoms with E-state index < -0.39 is 12.1 Å². The third kappa shape index (κ3) is 4.58. The number of fused-ring (bicyclic) bond motifs is 1. The lowest BCUT2D eigenvalue weighted by molar-refractivity contribution is -0.142. The van der Waals surface area contributed by atoms with Gasteiger partial charge in [-0.3, -0.25) is 14.4 Å². The van der Waals surface area contributed by atoms with Gasteiger partial charge in [0.05, 0.1) is 6.10 Å². The Morgan fingerprint density at radius 3 is 2.67 bits per heavy atom. The lowest BCUT2D eigenvalue weighted by Gasteiger charge is -2.37. The molecule has 3 rings (SSSR count). The van der Waals surface area contributed by atoms with Crippen LogP contribution in [0.5, 0.6) is 0 Å². The van der Waals surface area contributed by atoms with Crippen molar-refractivity contribution in [1.82, 2.24) is 10.2 Å². The summed E-state index contributed by atoms with van der Waals surface area (Å²) in [4.78, 5) is 39.7. The maximum absolute atomic E-state index is 13.2. The van der Waals surface area contributed by atoms with Gasteiger partial charge in [-0.1, -0.05) is 29.8 Å². The molecule has 146 valence electrons. The Bertz CT molecular complexity index is 719. The summed E-state index contributed by atoms with van der Waals surface area (Å²) in [6.07, 6.45) is 1.90. The van der Waals surface area contributed by atoms with E-state index >= 15 is 0 Å². The maximum atomic E-state index is 13.2. The van der Waals surface area contributed by atoms with Crippen LogP contribution in [0.25, 0.3) is 0 Å². The minimum Gasteiger partial charge on any atom is -0.368 e. The number of rotatable bonds is 5. The molecule has 3 atom stereocenters. The number of hydrogen-bond acceptors (Lipinski definition) is 4. The first-order valence-electron chi connectivity index (χ1n) is 9.38. The molecular weight excluding hydrogens is 412 g/mol. The van der Waals surface area contributed by atoms with Crippen molar-refractivity contribution in [3.05, 3.63) is 34.3 Å². The number of benzene rings is 1. The molecule has 2 fully saturated rings. The molecule has 0 radical (unpaired) electrons. The molecule has 1 aromatic rings. The zero-order chi connectivity index (χ0) is 19.6. The molecule has 7 heteroatoms. The average molecular weight is 437 g/mol. The maximum Gasteiger partial charge on any atom is 0.251 e. The summed E-state index contributed by atoms with van der Waals surface area (Å²) in [6, 6.07) is 5.83. The van der Waals surface area contributed by atoms with Crippen LogP contribution in [0.1, 0.15) is 43.5 Å². The van der Waals surface area contributed by atoms with E-state index in [2.05, 4.69) is 21.2 Å². The van der Waals surface area contributed by atoms with Crippen LogP contribution in [-0.4, -0.2) is 53.8 Å². The third-order valence-corrected chi connectivity index (χ3v) is 5.57. The van der Waals surface area contributed by atoms with Gasteiger partial charge in [-0.2, -0.15) is 0 Å². The number of nitrogens with zero attached hydrogens (tertiary/aromatic N) is 1. The number of amides is 2. The molecule has 0 aromatic heterocycles. The van der Waals surface area contributed by atoms with E-state index in [1.807, 2.05) is 13.8 Å². The Balaban J connectivity index is 1.77.